The molecule has 1 unspecified atom stereocenters. The molecular weight excluding hydrogens is 365 g/mol. The van der Waals surface area contributed by atoms with Crippen LogP contribution in [0.1, 0.15) is 32.4 Å². The summed E-state index contributed by atoms with van der Waals surface area (Å²) < 4.78 is 5.51. The van der Waals surface area contributed by atoms with Crippen LogP contribution in [0.25, 0.3) is 0 Å². The van der Waals surface area contributed by atoms with E-state index in [1.807, 2.05) is 18.2 Å². The monoisotopic (exact) mass is 391 g/mol. The van der Waals surface area contributed by atoms with Crippen LogP contribution in [0.4, 0.5) is 0 Å². The van der Waals surface area contributed by atoms with Gasteiger partial charge >= 0.3 is 0 Å². The summed E-state index contributed by atoms with van der Waals surface area (Å²) >= 11 is 0. The second kappa shape index (κ2) is 10.9. The minimum Gasteiger partial charge on any atom is -0.375 e. The number of hydrogen-bond donors (Lipinski definition) is 2. The second-order valence-corrected chi connectivity index (χ2v) is 4.65. The molecule has 20 heavy (non-hydrogen) atoms. The van der Waals surface area contributed by atoms with Gasteiger partial charge in [-0.15, -0.1) is 24.0 Å². The minimum atomic E-state index is -0.0104. The van der Waals surface area contributed by atoms with Crippen LogP contribution in [0.3, 0.4) is 0 Å². The Morgan fingerprint density at radius 2 is 1.90 bits per heavy atom. The molecule has 0 aromatic heterocycles. The number of guanidine groups is 1. The van der Waals surface area contributed by atoms with Crippen molar-refractivity contribution >= 4 is 29.9 Å². The molecule has 0 fully saturated rings. The van der Waals surface area contributed by atoms with E-state index in [1.54, 1.807) is 7.11 Å². The Morgan fingerprint density at radius 3 is 2.40 bits per heavy atom. The number of rotatable bonds is 6. The highest BCUT2D eigenvalue weighted by Crippen LogP contribution is 2.16. The van der Waals surface area contributed by atoms with E-state index in [4.69, 9.17) is 4.74 Å². The van der Waals surface area contributed by atoms with Crippen LogP contribution in [0.15, 0.2) is 35.3 Å². The predicted molar refractivity (Wildman–Crippen MR) is 95.9 cm³/mol. The molecule has 0 saturated carbocycles. The van der Waals surface area contributed by atoms with Crippen LogP contribution in [-0.4, -0.2) is 32.2 Å². The molecule has 0 bridgehead atoms. The summed E-state index contributed by atoms with van der Waals surface area (Å²) in [5.41, 5.74) is 1.15. The lowest BCUT2D eigenvalue weighted by Crippen LogP contribution is -2.41. The average Bonchev–Trinajstić information content (AvgIpc) is 2.40. The van der Waals surface area contributed by atoms with Crippen molar-refractivity contribution in [3.8, 4) is 0 Å². The Hall–Kier alpha value is -0.820. The molecule has 1 aromatic rings. The number of methoxy groups -OCH3 is 1. The summed E-state index contributed by atoms with van der Waals surface area (Å²) in [5.74, 6) is 0.829. The van der Waals surface area contributed by atoms with Crippen molar-refractivity contribution in [3.63, 3.8) is 0 Å². The van der Waals surface area contributed by atoms with E-state index in [0.717, 1.165) is 18.1 Å². The molecular formula is C15H26IN3O. The fourth-order valence-corrected chi connectivity index (χ4v) is 1.75. The van der Waals surface area contributed by atoms with E-state index >= 15 is 0 Å². The van der Waals surface area contributed by atoms with Crippen LogP contribution in [0, 0.1) is 0 Å². The maximum atomic E-state index is 5.51. The molecule has 0 aliphatic heterocycles. The molecule has 1 atom stereocenters. The average molecular weight is 391 g/mol. The Bertz CT molecular complexity index is 382. The summed E-state index contributed by atoms with van der Waals surface area (Å²) in [6.07, 6.45) is -0.0104. The minimum absolute atomic E-state index is 0. The van der Waals surface area contributed by atoms with Crippen molar-refractivity contribution < 1.29 is 4.74 Å². The Kier molecular flexibility index (Phi) is 10.5. The van der Waals surface area contributed by atoms with E-state index in [9.17, 15) is 0 Å². The smallest absolute Gasteiger partial charge is 0.191 e. The second-order valence-electron chi connectivity index (χ2n) is 4.65. The number of halogens is 1. The van der Waals surface area contributed by atoms with Gasteiger partial charge in [0.1, 0.15) is 6.10 Å². The lowest BCUT2D eigenvalue weighted by molar-refractivity contribution is 0.111. The molecule has 0 aliphatic rings. The van der Waals surface area contributed by atoms with Gasteiger partial charge in [0, 0.05) is 19.7 Å². The SMILES string of the molecule is CCNC(=NCC(OC)c1ccccc1)NC(C)C.I. The van der Waals surface area contributed by atoms with Crippen LogP contribution in [-0.2, 0) is 4.74 Å². The molecule has 2 N–H and O–H groups in total. The normalized spacial score (nSPS) is 12.8. The summed E-state index contributed by atoms with van der Waals surface area (Å²) in [5, 5.41) is 6.52. The Balaban J connectivity index is 0.00000361. The summed E-state index contributed by atoms with van der Waals surface area (Å²) in [7, 11) is 1.72. The van der Waals surface area contributed by atoms with E-state index in [1.165, 1.54) is 0 Å². The molecule has 114 valence electrons. The fraction of sp³-hybridized carbons (Fsp3) is 0.533. The van der Waals surface area contributed by atoms with Crippen LogP contribution in [0.5, 0.6) is 0 Å². The molecule has 1 rings (SSSR count). The number of aliphatic imine (C=N–C) groups is 1. The standard InChI is InChI=1S/C15H25N3O.HI/c1-5-16-15(18-12(2)3)17-11-14(19-4)13-9-7-6-8-10-13;/h6-10,12,14H,5,11H2,1-4H3,(H2,16,17,18);1H. The fourth-order valence-electron chi connectivity index (χ4n) is 1.75. The van der Waals surface area contributed by atoms with E-state index in [-0.39, 0.29) is 30.1 Å². The number of benzene rings is 1. The first-order valence-corrected chi connectivity index (χ1v) is 6.80. The lowest BCUT2D eigenvalue weighted by atomic mass is 10.1. The quantitative estimate of drug-likeness (QED) is 0.445. The summed E-state index contributed by atoms with van der Waals surface area (Å²) in [6.45, 7) is 7.70. The molecule has 0 heterocycles. The van der Waals surface area contributed by atoms with Gasteiger partial charge in [0.15, 0.2) is 5.96 Å². The van der Waals surface area contributed by atoms with Gasteiger partial charge in [0.25, 0.3) is 0 Å². The van der Waals surface area contributed by atoms with Gasteiger partial charge in [-0.1, -0.05) is 30.3 Å². The van der Waals surface area contributed by atoms with Crippen molar-refractivity contribution in [3.05, 3.63) is 35.9 Å². The largest absolute Gasteiger partial charge is 0.375 e. The highest BCUT2D eigenvalue weighted by atomic mass is 127. The molecule has 0 saturated heterocycles. The van der Waals surface area contributed by atoms with Gasteiger partial charge in [-0.2, -0.15) is 0 Å². The van der Waals surface area contributed by atoms with Gasteiger partial charge in [-0.25, -0.2) is 0 Å². The Labute approximate surface area is 139 Å². The van der Waals surface area contributed by atoms with Crippen molar-refractivity contribution in [2.24, 2.45) is 4.99 Å². The van der Waals surface area contributed by atoms with E-state index in [2.05, 4.69) is 48.5 Å². The third kappa shape index (κ3) is 7.09. The number of nitrogens with one attached hydrogen (secondary N) is 2. The van der Waals surface area contributed by atoms with Crippen molar-refractivity contribution in [1.29, 1.82) is 0 Å². The zero-order valence-corrected chi connectivity index (χ0v) is 15.0. The first-order valence-electron chi connectivity index (χ1n) is 6.80. The Morgan fingerprint density at radius 1 is 1.25 bits per heavy atom. The van der Waals surface area contributed by atoms with Crippen molar-refractivity contribution in [1.82, 2.24) is 10.6 Å². The lowest BCUT2D eigenvalue weighted by Gasteiger charge is -2.17. The zero-order chi connectivity index (χ0) is 14.1. The first kappa shape index (κ1) is 19.2. The van der Waals surface area contributed by atoms with Gasteiger partial charge in [-0.3, -0.25) is 4.99 Å². The van der Waals surface area contributed by atoms with Gasteiger partial charge < -0.3 is 15.4 Å². The van der Waals surface area contributed by atoms with Crippen molar-refractivity contribution in [2.75, 3.05) is 20.2 Å². The van der Waals surface area contributed by atoms with E-state index < -0.39 is 0 Å². The predicted octanol–water partition coefficient (Wildman–Crippen LogP) is 2.96. The molecule has 5 heteroatoms. The van der Waals surface area contributed by atoms with Gasteiger partial charge in [0.05, 0.1) is 6.54 Å². The molecule has 4 nitrogen and oxygen atoms in total. The van der Waals surface area contributed by atoms with Crippen LogP contribution < -0.4 is 10.6 Å². The molecule has 0 spiro atoms. The highest BCUT2D eigenvalue weighted by Gasteiger charge is 2.09. The van der Waals surface area contributed by atoms with Crippen molar-refractivity contribution in [2.45, 2.75) is 32.9 Å². The third-order valence-electron chi connectivity index (χ3n) is 2.64. The maximum absolute atomic E-state index is 5.51. The zero-order valence-electron chi connectivity index (χ0n) is 12.7. The van der Waals surface area contributed by atoms with Crippen LogP contribution in [0.2, 0.25) is 0 Å². The molecule has 0 amide bonds. The van der Waals surface area contributed by atoms with Crippen LogP contribution >= 0.6 is 24.0 Å². The van der Waals surface area contributed by atoms with Gasteiger partial charge in [0.2, 0.25) is 0 Å². The molecule has 1 aromatic carbocycles. The summed E-state index contributed by atoms with van der Waals surface area (Å²) in [4.78, 5) is 4.57. The van der Waals surface area contributed by atoms with Gasteiger partial charge in [-0.05, 0) is 26.3 Å². The van der Waals surface area contributed by atoms with E-state index in [0.29, 0.717) is 12.6 Å². The summed E-state index contributed by atoms with van der Waals surface area (Å²) in [6, 6.07) is 10.5. The number of nitrogens with zero attached hydrogens (tertiary/aromatic N) is 1. The molecule has 0 radical (unpaired) electrons. The third-order valence-corrected chi connectivity index (χ3v) is 2.64. The number of hydrogen-bond acceptors (Lipinski definition) is 2. The maximum Gasteiger partial charge on any atom is 0.191 e. The highest BCUT2D eigenvalue weighted by molar-refractivity contribution is 14.0. The number of ether oxygens (including phenoxy) is 1. The topological polar surface area (TPSA) is 45.7 Å². The first-order chi connectivity index (χ1) is 9.17. The molecule has 0 aliphatic carbocycles.